The average molecular weight is 373 g/mol. The first-order valence-corrected chi connectivity index (χ1v) is 8.84. The number of likely N-dealkylation sites (N-methyl/N-ethyl adjacent to an activating group) is 1. The van der Waals surface area contributed by atoms with Gasteiger partial charge >= 0.3 is 0 Å². The number of rotatable bonds is 3. The number of piperidine rings is 1. The average Bonchev–Trinajstić information content (AvgIpc) is 2.62. The van der Waals surface area contributed by atoms with Crippen LogP contribution in [0.5, 0.6) is 0 Å². The molecular formula is C18H26Cl2N2O2. The Bertz CT molecular complexity index is 562. The van der Waals surface area contributed by atoms with Gasteiger partial charge in [0, 0.05) is 37.4 Å². The molecule has 0 bridgehead atoms. The van der Waals surface area contributed by atoms with Gasteiger partial charge in [-0.3, -0.25) is 4.79 Å². The maximum absolute atomic E-state index is 13.5. The van der Waals surface area contributed by atoms with E-state index >= 15 is 0 Å². The largest absolute Gasteiger partial charge is 0.381 e. The molecule has 0 aromatic heterocycles. The van der Waals surface area contributed by atoms with Crippen molar-refractivity contribution >= 4 is 29.9 Å². The minimum atomic E-state index is -0.535. The van der Waals surface area contributed by atoms with E-state index in [0.29, 0.717) is 37.1 Å². The van der Waals surface area contributed by atoms with Gasteiger partial charge < -0.3 is 15.0 Å². The summed E-state index contributed by atoms with van der Waals surface area (Å²) in [6.45, 7) is 2.84. The summed E-state index contributed by atoms with van der Waals surface area (Å²) in [5, 5.41) is 4.00. The van der Waals surface area contributed by atoms with Crippen LogP contribution in [0.1, 0.15) is 31.2 Å². The maximum Gasteiger partial charge on any atom is 0.233 e. The Hall–Kier alpha value is -0.810. The molecule has 0 radical (unpaired) electrons. The van der Waals surface area contributed by atoms with E-state index < -0.39 is 5.41 Å². The van der Waals surface area contributed by atoms with Crippen LogP contribution in [0.25, 0.3) is 0 Å². The summed E-state index contributed by atoms with van der Waals surface area (Å²) in [4.78, 5) is 15.5. The monoisotopic (exact) mass is 372 g/mol. The summed E-state index contributed by atoms with van der Waals surface area (Å²) in [5.41, 5.74) is 0.424. The van der Waals surface area contributed by atoms with E-state index in [0.717, 1.165) is 31.5 Å². The molecule has 3 rings (SSSR count). The predicted octanol–water partition coefficient (Wildman–Crippen LogP) is 3.02. The fourth-order valence-corrected chi connectivity index (χ4v) is 4.18. The molecule has 2 heterocycles. The number of halogens is 2. The van der Waals surface area contributed by atoms with Gasteiger partial charge in [-0.25, -0.2) is 0 Å². The zero-order valence-electron chi connectivity index (χ0n) is 14.1. The SMILES string of the molecule is CNC1CCCN(C(=O)C2(c3ccccc3Cl)CCOCC2)C1.Cl. The first-order valence-electron chi connectivity index (χ1n) is 8.47. The van der Waals surface area contributed by atoms with Crippen LogP contribution >= 0.6 is 24.0 Å². The van der Waals surface area contributed by atoms with Gasteiger partial charge in [0.25, 0.3) is 0 Å². The van der Waals surface area contributed by atoms with Gasteiger partial charge in [-0.05, 0) is 44.4 Å². The topological polar surface area (TPSA) is 41.6 Å². The van der Waals surface area contributed by atoms with Gasteiger partial charge in [0.05, 0.1) is 5.41 Å². The van der Waals surface area contributed by atoms with Gasteiger partial charge in [0.15, 0.2) is 0 Å². The number of likely N-dealkylation sites (tertiary alicyclic amines) is 1. The van der Waals surface area contributed by atoms with Crippen LogP contribution in [0, 0.1) is 0 Å². The van der Waals surface area contributed by atoms with Crippen LogP contribution in [0.2, 0.25) is 5.02 Å². The second-order valence-electron chi connectivity index (χ2n) is 6.55. The first-order chi connectivity index (χ1) is 11.2. The molecule has 1 amide bonds. The van der Waals surface area contributed by atoms with Crippen LogP contribution < -0.4 is 5.32 Å². The number of carbonyl (C=O) groups excluding carboxylic acids is 1. The van der Waals surface area contributed by atoms with Crippen LogP contribution in [-0.2, 0) is 14.9 Å². The molecule has 134 valence electrons. The van der Waals surface area contributed by atoms with Crippen LogP contribution in [0.4, 0.5) is 0 Å². The normalized spacial score (nSPS) is 23.4. The number of nitrogens with zero attached hydrogens (tertiary/aromatic N) is 1. The minimum absolute atomic E-state index is 0. The number of carbonyl (C=O) groups is 1. The molecular weight excluding hydrogens is 347 g/mol. The Morgan fingerprint density at radius 3 is 2.71 bits per heavy atom. The van der Waals surface area contributed by atoms with E-state index in [1.807, 2.05) is 36.2 Å². The van der Waals surface area contributed by atoms with Gasteiger partial charge in [-0.2, -0.15) is 0 Å². The molecule has 1 N–H and O–H groups in total. The molecule has 24 heavy (non-hydrogen) atoms. The third kappa shape index (κ3) is 3.72. The van der Waals surface area contributed by atoms with Crippen molar-refractivity contribution in [1.29, 1.82) is 0 Å². The van der Waals surface area contributed by atoms with Crippen molar-refractivity contribution in [3.05, 3.63) is 34.9 Å². The molecule has 6 heteroatoms. The maximum atomic E-state index is 13.5. The van der Waals surface area contributed by atoms with E-state index in [9.17, 15) is 4.79 Å². The Morgan fingerprint density at radius 2 is 2.04 bits per heavy atom. The highest BCUT2D eigenvalue weighted by Gasteiger charge is 2.45. The number of benzene rings is 1. The molecule has 0 aliphatic carbocycles. The molecule has 2 fully saturated rings. The number of hydrogen-bond donors (Lipinski definition) is 1. The molecule has 1 aromatic carbocycles. The van der Waals surface area contributed by atoms with Gasteiger partial charge in [0.1, 0.15) is 0 Å². The van der Waals surface area contributed by atoms with E-state index in [-0.39, 0.29) is 18.3 Å². The molecule has 0 saturated carbocycles. The number of amides is 1. The number of nitrogens with one attached hydrogen (secondary N) is 1. The van der Waals surface area contributed by atoms with Gasteiger partial charge in [-0.15, -0.1) is 12.4 Å². The third-order valence-corrected chi connectivity index (χ3v) is 5.59. The van der Waals surface area contributed by atoms with Crippen molar-refractivity contribution < 1.29 is 9.53 Å². The Labute approximate surface area is 155 Å². The molecule has 2 aliphatic heterocycles. The Balaban J connectivity index is 0.00000208. The fraction of sp³-hybridized carbons (Fsp3) is 0.611. The second kappa shape index (κ2) is 8.52. The summed E-state index contributed by atoms with van der Waals surface area (Å²) >= 11 is 6.46. The summed E-state index contributed by atoms with van der Waals surface area (Å²) in [6, 6.07) is 8.16. The zero-order valence-corrected chi connectivity index (χ0v) is 15.7. The second-order valence-corrected chi connectivity index (χ2v) is 6.96. The van der Waals surface area contributed by atoms with E-state index in [1.54, 1.807) is 0 Å². The first kappa shape index (κ1) is 19.5. The van der Waals surface area contributed by atoms with Crippen LogP contribution in [-0.4, -0.2) is 50.2 Å². The van der Waals surface area contributed by atoms with Gasteiger partial charge in [0.2, 0.25) is 5.91 Å². The molecule has 1 aromatic rings. The summed E-state index contributed by atoms with van der Waals surface area (Å²) < 4.78 is 5.54. The molecule has 2 aliphatic rings. The Morgan fingerprint density at radius 1 is 1.33 bits per heavy atom. The fourth-order valence-electron chi connectivity index (χ4n) is 3.87. The lowest BCUT2D eigenvalue weighted by Crippen LogP contribution is -2.55. The number of ether oxygens (including phenoxy) is 1. The zero-order chi connectivity index (χ0) is 16.3. The smallest absolute Gasteiger partial charge is 0.233 e. The Kier molecular flexibility index (Phi) is 6.93. The van der Waals surface area contributed by atoms with E-state index in [2.05, 4.69) is 5.32 Å². The lowest BCUT2D eigenvalue weighted by atomic mass is 9.72. The minimum Gasteiger partial charge on any atom is -0.381 e. The summed E-state index contributed by atoms with van der Waals surface area (Å²) in [6.07, 6.45) is 3.58. The standard InChI is InChI=1S/C18H25ClN2O2.ClH/c1-20-14-5-4-10-21(13-14)17(22)18(8-11-23-12-9-18)15-6-2-3-7-16(15)19;/h2-3,6-7,14,20H,4-5,8-13H2,1H3;1H. The van der Waals surface area contributed by atoms with E-state index in [4.69, 9.17) is 16.3 Å². The van der Waals surface area contributed by atoms with Gasteiger partial charge in [-0.1, -0.05) is 29.8 Å². The summed E-state index contributed by atoms with van der Waals surface area (Å²) in [7, 11) is 1.97. The highest BCUT2D eigenvalue weighted by Crippen LogP contribution is 2.40. The quantitative estimate of drug-likeness (QED) is 0.886. The van der Waals surface area contributed by atoms with Crippen molar-refractivity contribution in [2.24, 2.45) is 0 Å². The van der Waals surface area contributed by atoms with Crippen LogP contribution in [0.3, 0.4) is 0 Å². The predicted molar refractivity (Wildman–Crippen MR) is 99.1 cm³/mol. The highest BCUT2D eigenvalue weighted by atomic mass is 35.5. The van der Waals surface area contributed by atoms with Crippen molar-refractivity contribution in [1.82, 2.24) is 10.2 Å². The van der Waals surface area contributed by atoms with Crippen molar-refractivity contribution in [2.45, 2.75) is 37.1 Å². The lowest BCUT2D eigenvalue weighted by molar-refractivity contribution is -0.142. The summed E-state index contributed by atoms with van der Waals surface area (Å²) in [5.74, 6) is 0.217. The molecule has 1 atom stereocenters. The molecule has 1 unspecified atom stereocenters. The molecule has 0 spiro atoms. The lowest BCUT2D eigenvalue weighted by Gasteiger charge is -2.43. The highest BCUT2D eigenvalue weighted by molar-refractivity contribution is 6.31. The molecule has 2 saturated heterocycles. The van der Waals surface area contributed by atoms with Crippen LogP contribution in [0.15, 0.2) is 24.3 Å². The third-order valence-electron chi connectivity index (χ3n) is 5.26. The van der Waals surface area contributed by atoms with Crippen molar-refractivity contribution in [3.8, 4) is 0 Å². The number of hydrogen-bond acceptors (Lipinski definition) is 3. The van der Waals surface area contributed by atoms with Crippen molar-refractivity contribution in [3.63, 3.8) is 0 Å². The van der Waals surface area contributed by atoms with Crippen molar-refractivity contribution in [2.75, 3.05) is 33.4 Å². The van der Waals surface area contributed by atoms with E-state index in [1.165, 1.54) is 0 Å². The molecule has 4 nitrogen and oxygen atoms in total.